The summed E-state index contributed by atoms with van der Waals surface area (Å²) < 4.78 is 0. The van der Waals surface area contributed by atoms with Crippen molar-refractivity contribution >= 4 is 17.5 Å². The number of halogens is 1. The molecule has 1 saturated carbocycles. The van der Waals surface area contributed by atoms with E-state index in [1.54, 1.807) is 0 Å². The van der Waals surface area contributed by atoms with Crippen LogP contribution < -0.4 is 5.32 Å². The third-order valence-electron chi connectivity index (χ3n) is 4.05. The van der Waals surface area contributed by atoms with Gasteiger partial charge in [0.2, 0.25) is 5.91 Å². The zero-order valence-electron chi connectivity index (χ0n) is 13.4. The predicted octanol–water partition coefficient (Wildman–Crippen LogP) is 3.08. The molecular formula is C17H25ClN2O. The van der Waals surface area contributed by atoms with Crippen LogP contribution in [-0.4, -0.2) is 38.0 Å². The SMILES string of the molecule is CN(C)CC(C)(C)CNC(=O)C1(c2ccc(Cl)cc2)CC1. The summed E-state index contributed by atoms with van der Waals surface area (Å²) in [6, 6.07) is 7.67. The quantitative estimate of drug-likeness (QED) is 0.876. The second kappa shape index (κ2) is 5.98. The predicted molar refractivity (Wildman–Crippen MR) is 87.7 cm³/mol. The van der Waals surface area contributed by atoms with Crippen LogP contribution in [0.4, 0.5) is 0 Å². The number of hydrogen-bond donors (Lipinski definition) is 1. The minimum absolute atomic E-state index is 0.0647. The zero-order chi connectivity index (χ0) is 15.7. The number of amides is 1. The van der Waals surface area contributed by atoms with Crippen LogP contribution in [0.3, 0.4) is 0 Å². The molecule has 0 spiro atoms. The standard InChI is InChI=1S/C17H25ClN2O/c1-16(2,12-20(3)4)11-19-15(21)17(9-10-17)13-5-7-14(18)8-6-13/h5-8H,9-12H2,1-4H3,(H,19,21). The molecular weight excluding hydrogens is 284 g/mol. The van der Waals surface area contributed by atoms with E-state index in [0.717, 1.165) is 24.9 Å². The monoisotopic (exact) mass is 308 g/mol. The van der Waals surface area contributed by atoms with Crippen molar-refractivity contribution in [2.24, 2.45) is 5.41 Å². The van der Waals surface area contributed by atoms with E-state index in [-0.39, 0.29) is 16.7 Å². The molecule has 0 bridgehead atoms. The van der Waals surface area contributed by atoms with Gasteiger partial charge in [-0.2, -0.15) is 0 Å². The molecule has 1 aromatic rings. The number of rotatable bonds is 6. The summed E-state index contributed by atoms with van der Waals surface area (Å²) in [4.78, 5) is 14.7. The largest absolute Gasteiger partial charge is 0.355 e. The molecule has 1 aliphatic rings. The maximum Gasteiger partial charge on any atom is 0.230 e. The smallest absolute Gasteiger partial charge is 0.230 e. The van der Waals surface area contributed by atoms with Crippen LogP contribution in [0.2, 0.25) is 5.02 Å². The first kappa shape index (κ1) is 16.3. The van der Waals surface area contributed by atoms with E-state index in [1.165, 1.54) is 0 Å². The molecule has 0 aliphatic heterocycles. The summed E-state index contributed by atoms with van der Waals surface area (Å²) in [5.74, 6) is 0.150. The van der Waals surface area contributed by atoms with E-state index < -0.39 is 0 Å². The van der Waals surface area contributed by atoms with Crippen LogP contribution in [0.1, 0.15) is 32.3 Å². The van der Waals surface area contributed by atoms with Gasteiger partial charge in [-0.3, -0.25) is 4.79 Å². The fourth-order valence-electron chi connectivity index (χ4n) is 2.94. The van der Waals surface area contributed by atoms with Crippen molar-refractivity contribution in [2.75, 3.05) is 27.2 Å². The lowest BCUT2D eigenvalue weighted by molar-refractivity contribution is -0.124. The lowest BCUT2D eigenvalue weighted by Crippen LogP contribution is -2.43. The summed E-state index contributed by atoms with van der Waals surface area (Å²) in [5, 5.41) is 3.86. The molecule has 0 heterocycles. The Labute approximate surface area is 132 Å². The molecule has 0 saturated heterocycles. The summed E-state index contributed by atoms with van der Waals surface area (Å²) in [6.45, 7) is 5.99. The van der Waals surface area contributed by atoms with Gasteiger partial charge in [0.1, 0.15) is 0 Å². The molecule has 0 unspecified atom stereocenters. The maximum atomic E-state index is 12.6. The van der Waals surface area contributed by atoms with Crippen LogP contribution in [-0.2, 0) is 10.2 Å². The normalized spacial score (nSPS) is 16.9. The van der Waals surface area contributed by atoms with Crippen molar-refractivity contribution in [3.8, 4) is 0 Å². The molecule has 1 fully saturated rings. The summed E-state index contributed by atoms with van der Waals surface area (Å²) in [6.07, 6.45) is 1.85. The molecule has 1 aliphatic carbocycles. The molecule has 0 radical (unpaired) electrons. The topological polar surface area (TPSA) is 32.3 Å². The Morgan fingerprint density at radius 2 is 1.86 bits per heavy atom. The van der Waals surface area contributed by atoms with E-state index in [9.17, 15) is 4.79 Å². The summed E-state index contributed by atoms with van der Waals surface area (Å²) >= 11 is 5.93. The lowest BCUT2D eigenvalue weighted by Gasteiger charge is -2.29. The molecule has 0 aromatic heterocycles. The van der Waals surface area contributed by atoms with Gasteiger partial charge in [0.05, 0.1) is 5.41 Å². The Hall–Kier alpha value is -1.06. The van der Waals surface area contributed by atoms with Gasteiger partial charge in [0.25, 0.3) is 0 Å². The highest BCUT2D eigenvalue weighted by Gasteiger charge is 2.51. The number of nitrogens with one attached hydrogen (secondary N) is 1. The van der Waals surface area contributed by atoms with Crippen molar-refractivity contribution in [3.05, 3.63) is 34.9 Å². The zero-order valence-corrected chi connectivity index (χ0v) is 14.1. The van der Waals surface area contributed by atoms with Gasteiger partial charge < -0.3 is 10.2 Å². The second-order valence-corrected chi connectivity index (χ2v) is 7.61. The average Bonchev–Trinajstić information content (AvgIpc) is 3.17. The first-order valence-corrected chi connectivity index (χ1v) is 7.82. The van der Waals surface area contributed by atoms with E-state index in [0.29, 0.717) is 11.6 Å². The Balaban J connectivity index is 1.99. The summed E-state index contributed by atoms with van der Waals surface area (Å²) in [7, 11) is 4.11. The minimum atomic E-state index is -0.321. The third kappa shape index (κ3) is 3.98. The molecule has 2 rings (SSSR count). The number of benzene rings is 1. The fraction of sp³-hybridized carbons (Fsp3) is 0.588. The van der Waals surface area contributed by atoms with E-state index in [1.807, 2.05) is 24.3 Å². The first-order chi connectivity index (χ1) is 9.75. The van der Waals surface area contributed by atoms with E-state index >= 15 is 0 Å². The van der Waals surface area contributed by atoms with Crippen molar-refractivity contribution in [2.45, 2.75) is 32.1 Å². The minimum Gasteiger partial charge on any atom is -0.355 e. The van der Waals surface area contributed by atoms with Gasteiger partial charge in [-0.05, 0) is 50.0 Å². The Kier molecular flexibility index (Phi) is 4.64. The summed E-state index contributed by atoms with van der Waals surface area (Å²) in [5.41, 5.74) is 0.823. The van der Waals surface area contributed by atoms with Gasteiger partial charge in [0.15, 0.2) is 0 Å². The van der Waals surface area contributed by atoms with Crippen molar-refractivity contribution in [3.63, 3.8) is 0 Å². The van der Waals surface area contributed by atoms with Crippen LogP contribution in [0, 0.1) is 5.41 Å². The van der Waals surface area contributed by atoms with Gasteiger partial charge in [-0.1, -0.05) is 37.6 Å². The van der Waals surface area contributed by atoms with Crippen LogP contribution in [0.5, 0.6) is 0 Å². The molecule has 1 N–H and O–H groups in total. The fourth-order valence-corrected chi connectivity index (χ4v) is 3.07. The van der Waals surface area contributed by atoms with Crippen molar-refractivity contribution in [1.82, 2.24) is 10.2 Å². The van der Waals surface area contributed by atoms with Gasteiger partial charge in [-0.25, -0.2) is 0 Å². The Bertz CT molecular complexity index is 504. The molecule has 3 nitrogen and oxygen atoms in total. The van der Waals surface area contributed by atoms with Gasteiger partial charge >= 0.3 is 0 Å². The highest BCUT2D eigenvalue weighted by Crippen LogP contribution is 2.48. The Morgan fingerprint density at radius 1 is 1.29 bits per heavy atom. The van der Waals surface area contributed by atoms with Crippen LogP contribution in [0.15, 0.2) is 24.3 Å². The van der Waals surface area contributed by atoms with Gasteiger partial charge in [0, 0.05) is 18.1 Å². The molecule has 4 heteroatoms. The number of hydrogen-bond acceptors (Lipinski definition) is 2. The van der Waals surface area contributed by atoms with Crippen LogP contribution >= 0.6 is 11.6 Å². The average molecular weight is 309 g/mol. The van der Waals surface area contributed by atoms with E-state index in [2.05, 4.69) is 38.2 Å². The lowest BCUT2D eigenvalue weighted by atomic mass is 9.91. The molecule has 1 amide bonds. The van der Waals surface area contributed by atoms with Crippen molar-refractivity contribution < 1.29 is 4.79 Å². The maximum absolute atomic E-state index is 12.6. The molecule has 0 atom stereocenters. The molecule has 116 valence electrons. The molecule has 21 heavy (non-hydrogen) atoms. The number of nitrogens with zero attached hydrogens (tertiary/aromatic N) is 1. The Morgan fingerprint density at radius 3 is 2.33 bits per heavy atom. The molecule has 1 aromatic carbocycles. The number of carbonyl (C=O) groups is 1. The highest BCUT2D eigenvalue weighted by molar-refractivity contribution is 6.30. The van der Waals surface area contributed by atoms with Gasteiger partial charge in [-0.15, -0.1) is 0 Å². The van der Waals surface area contributed by atoms with Crippen molar-refractivity contribution in [1.29, 1.82) is 0 Å². The first-order valence-electron chi connectivity index (χ1n) is 7.44. The second-order valence-electron chi connectivity index (χ2n) is 7.17. The van der Waals surface area contributed by atoms with Crippen LogP contribution in [0.25, 0.3) is 0 Å². The van der Waals surface area contributed by atoms with E-state index in [4.69, 9.17) is 11.6 Å². The third-order valence-corrected chi connectivity index (χ3v) is 4.31. The highest BCUT2D eigenvalue weighted by atomic mass is 35.5. The number of carbonyl (C=O) groups excluding carboxylic acids is 1.